The zero-order valence-corrected chi connectivity index (χ0v) is 14.8. The zero-order valence-electron chi connectivity index (χ0n) is 14.8. The largest absolute Gasteiger partial charge is 0.480 e. The molecule has 0 rings (SSSR count). The Morgan fingerprint density at radius 3 is 1.91 bits per heavy atom. The average molecular weight is 328 g/mol. The van der Waals surface area contributed by atoms with Crippen molar-refractivity contribution in [3.05, 3.63) is 0 Å². The number of hydrogen-bond donors (Lipinski definition) is 3. The minimum Gasteiger partial charge on any atom is -0.480 e. The van der Waals surface area contributed by atoms with Crippen molar-refractivity contribution >= 4 is 11.9 Å². The van der Waals surface area contributed by atoms with Gasteiger partial charge in [-0.3, -0.25) is 4.79 Å². The van der Waals surface area contributed by atoms with E-state index in [1.165, 1.54) is 44.9 Å². The fourth-order valence-corrected chi connectivity index (χ4v) is 2.62. The van der Waals surface area contributed by atoms with Crippen molar-refractivity contribution in [1.29, 1.82) is 0 Å². The predicted octanol–water partition coefficient (Wildman–Crippen LogP) is 3.61. The number of amides is 1. The molecule has 136 valence electrons. The Balaban J connectivity index is 3.53. The standard InChI is InChI=1S/C18H36N2O3/c1-2-3-4-5-6-7-8-9-10-11-14-17(21)20-16(18(22)23)13-12-15-19/h16H,2-15,19H2,1H3,(H,20,21)(H,22,23)/t16-/m0/s1. The minimum absolute atomic E-state index is 0.158. The highest BCUT2D eigenvalue weighted by Crippen LogP contribution is 2.11. The number of aliphatic carboxylic acids is 1. The first-order chi connectivity index (χ1) is 11.1. The van der Waals surface area contributed by atoms with Crippen LogP contribution in [0.15, 0.2) is 0 Å². The molecule has 0 aromatic carbocycles. The second kappa shape index (κ2) is 15.8. The van der Waals surface area contributed by atoms with Crippen molar-refractivity contribution in [2.75, 3.05) is 6.54 Å². The third-order valence-corrected chi connectivity index (χ3v) is 4.09. The van der Waals surface area contributed by atoms with E-state index in [4.69, 9.17) is 10.8 Å². The van der Waals surface area contributed by atoms with Crippen molar-refractivity contribution < 1.29 is 14.7 Å². The molecule has 0 heterocycles. The smallest absolute Gasteiger partial charge is 0.326 e. The maximum Gasteiger partial charge on any atom is 0.326 e. The molecule has 0 unspecified atom stereocenters. The van der Waals surface area contributed by atoms with Gasteiger partial charge < -0.3 is 16.2 Å². The van der Waals surface area contributed by atoms with Crippen molar-refractivity contribution in [3.8, 4) is 0 Å². The number of nitrogens with one attached hydrogen (secondary N) is 1. The first-order valence-electron chi connectivity index (χ1n) is 9.34. The number of unbranched alkanes of at least 4 members (excludes halogenated alkanes) is 9. The Kier molecular flexibility index (Phi) is 15.0. The van der Waals surface area contributed by atoms with Crippen LogP contribution in [0.3, 0.4) is 0 Å². The van der Waals surface area contributed by atoms with Gasteiger partial charge >= 0.3 is 5.97 Å². The lowest BCUT2D eigenvalue weighted by Crippen LogP contribution is -2.40. The van der Waals surface area contributed by atoms with Crippen LogP contribution in [0.1, 0.15) is 90.4 Å². The first-order valence-corrected chi connectivity index (χ1v) is 9.34. The van der Waals surface area contributed by atoms with E-state index < -0.39 is 12.0 Å². The molecule has 5 nitrogen and oxygen atoms in total. The lowest BCUT2D eigenvalue weighted by molar-refractivity contribution is -0.142. The van der Waals surface area contributed by atoms with Gasteiger partial charge in [-0.15, -0.1) is 0 Å². The van der Waals surface area contributed by atoms with Crippen LogP contribution in [0, 0.1) is 0 Å². The van der Waals surface area contributed by atoms with Crippen molar-refractivity contribution in [2.45, 2.75) is 96.4 Å². The van der Waals surface area contributed by atoms with Crippen LogP contribution in [0.4, 0.5) is 0 Å². The minimum atomic E-state index is -0.977. The van der Waals surface area contributed by atoms with E-state index in [0.717, 1.165) is 19.3 Å². The summed E-state index contributed by atoms with van der Waals surface area (Å²) in [5.74, 6) is -1.14. The van der Waals surface area contributed by atoms with Crippen LogP contribution in [-0.2, 0) is 9.59 Å². The van der Waals surface area contributed by atoms with Crippen LogP contribution in [0.5, 0.6) is 0 Å². The summed E-state index contributed by atoms with van der Waals surface area (Å²) < 4.78 is 0. The molecule has 0 aliphatic rings. The highest BCUT2D eigenvalue weighted by molar-refractivity contribution is 5.83. The van der Waals surface area contributed by atoms with Crippen molar-refractivity contribution in [2.24, 2.45) is 5.73 Å². The Hall–Kier alpha value is -1.10. The van der Waals surface area contributed by atoms with E-state index in [9.17, 15) is 9.59 Å². The number of hydrogen-bond acceptors (Lipinski definition) is 3. The maximum atomic E-state index is 11.8. The van der Waals surface area contributed by atoms with E-state index >= 15 is 0 Å². The van der Waals surface area contributed by atoms with Gasteiger partial charge in [-0.2, -0.15) is 0 Å². The Morgan fingerprint density at radius 1 is 0.913 bits per heavy atom. The van der Waals surface area contributed by atoms with Crippen LogP contribution in [0.25, 0.3) is 0 Å². The number of carbonyl (C=O) groups excluding carboxylic acids is 1. The Labute approximate surface area is 141 Å². The fraction of sp³-hybridized carbons (Fsp3) is 0.889. The monoisotopic (exact) mass is 328 g/mol. The molecule has 0 radical (unpaired) electrons. The highest BCUT2D eigenvalue weighted by atomic mass is 16.4. The summed E-state index contributed by atoms with van der Waals surface area (Å²) >= 11 is 0. The highest BCUT2D eigenvalue weighted by Gasteiger charge is 2.18. The second-order valence-corrected chi connectivity index (χ2v) is 6.32. The molecule has 0 saturated carbocycles. The SMILES string of the molecule is CCCCCCCCCCCCC(=O)N[C@@H](CCCN)C(=O)O. The average Bonchev–Trinajstić information content (AvgIpc) is 2.53. The predicted molar refractivity (Wildman–Crippen MR) is 94.3 cm³/mol. The summed E-state index contributed by atoms with van der Waals surface area (Å²) in [4.78, 5) is 22.8. The number of rotatable bonds is 16. The van der Waals surface area contributed by atoms with Gasteiger partial charge in [-0.05, 0) is 25.8 Å². The normalized spacial score (nSPS) is 12.1. The molecule has 1 amide bonds. The third-order valence-electron chi connectivity index (χ3n) is 4.09. The summed E-state index contributed by atoms with van der Waals surface area (Å²) in [7, 11) is 0. The Morgan fingerprint density at radius 2 is 1.43 bits per heavy atom. The van der Waals surface area contributed by atoms with Crippen molar-refractivity contribution in [1.82, 2.24) is 5.32 Å². The molecule has 0 aromatic heterocycles. The van der Waals surface area contributed by atoms with Gasteiger partial charge in [-0.25, -0.2) is 4.79 Å². The molecule has 1 atom stereocenters. The lowest BCUT2D eigenvalue weighted by Gasteiger charge is -2.13. The molecule has 23 heavy (non-hydrogen) atoms. The summed E-state index contributed by atoms with van der Waals surface area (Å²) in [5, 5.41) is 11.6. The zero-order chi connectivity index (χ0) is 17.3. The van der Waals surface area contributed by atoms with E-state index in [2.05, 4.69) is 12.2 Å². The molecule has 0 saturated heterocycles. The van der Waals surface area contributed by atoms with Crippen LogP contribution in [0.2, 0.25) is 0 Å². The van der Waals surface area contributed by atoms with Gasteiger partial charge in [0.15, 0.2) is 0 Å². The molecule has 0 aromatic rings. The molecule has 0 fully saturated rings. The Bertz CT molecular complexity index is 309. The number of carbonyl (C=O) groups is 2. The molecule has 5 heteroatoms. The van der Waals surface area contributed by atoms with Crippen LogP contribution in [-0.4, -0.2) is 29.6 Å². The van der Waals surface area contributed by atoms with Gasteiger partial charge in [0.05, 0.1) is 0 Å². The van der Waals surface area contributed by atoms with Crippen LogP contribution >= 0.6 is 0 Å². The molecule has 0 aliphatic carbocycles. The topological polar surface area (TPSA) is 92.4 Å². The fourth-order valence-electron chi connectivity index (χ4n) is 2.62. The summed E-state index contributed by atoms with van der Waals surface area (Å²) in [6.07, 6.45) is 13.6. The third kappa shape index (κ3) is 14.2. The molecule has 4 N–H and O–H groups in total. The molecule has 0 bridgehead atoms. The lowest BCUT2D eigenvalue weighted by atomic mass is 10.1. The molecule has 0 aliphatic heterocycles. The number of nitrogens with two attached hydrogens (primary N) is 1. The van der Waals surface area contributed by atoms with Gasteiger partial charge in [0.2, 0.25) is 5.91 Å². The molecule has 0 spiro atoms. The summed E-state index contributed by atoms with van der Waals surface area (Å²) in [6, 6.07) is -0.797. The molecular formula is C18H36N2O3. The first kappa shape index (κ1) is 21.9. The summed E-state index contributed by atoms with van der Waals surface area (Å²) in [6.45, 7) is 2.67. The molecular weight excluding hydrogens is 292 g/mol. The quantitative estimate of drug-likeness (QED) is 0.377. The van der Waals surface area contributed by atoms with E-state index in [0.29, 0.717) is 25.8 Å². The number of carboxylic acid groups (broad SMARTS) is 1. The summed E-state index contributed by atoms with van der Waals surface area (Å²) in [5.41, 5.74) is 5.37. The van der Waals surface area contributed by atoms with Crippen LogP contribution < -0.4 is 11.1 Å². The van der Waals surface area contributed by atoms with E-state index in [1.54, 1.807) is 0 Å². The maximum absolute atomic E-state index is 11.8. The van der Waals surface area contributed by atoms with Gasteiger partial charge in [0.1, 0.15) is 6.04 Å². The van der Waals surface area contributed by atoms with E-state index in [1.807, 2.05) is 0 Å². The van der Waals surface area contributed by atoms with Gasteiger partial charge in [-0.1, -0.05) is 64.7 Å². The second-order valence-electron chi connectivity index (χ2n) is 6.32. The van der Waals surface area contributed by atoms with Gasteiger partial charge in [0, 0.05) is 6.42 Å². The van der Waals surface area contributed by atoms with Crippen molar-refractivity contribution in [3.63, 3.8) is 0 Å². The van der Waals surface area contributed by atoms with Gasteiger partial charge in [0.25, 0.3) is 0 Å². The van der Waals surface area contributed by atoms with E-state index in [-0.39, 0.29) is 5.91 Å². The number of carboxylic acids is 1.